The molecule has 0 unspecified atom stereocenters. The van der Waals surface area contributed by atoms with E-state index in [1.807, 2.05) is 13.8 Å². The predicted molar refractivity (Wildman–Crippen MR) is 103 cm³/mol. The molecule has 0 aliphatic carbocycles. The lowest BCUT2D eigenvalue weighted by molar-refractivity contribution is -0.142. The number of likely N-dealkylation sites (N-methyl/N-ethyl adjacent to an activating group) is 2. The van der Waals surface area contributed by atoms with Gasteiger partial charge in [-0.15, -0.1) is 0 Å². The van der Waals surface area contributed by atoms with E-state index in [0.29, 0.717) is 32.5 Å². The molecule has 1 atom stereocenters. The van der Waals surface area contributed by atoms with Crippen molar-refractivity contribution in [3.05, 3.63) is 30.1 Å². The molecule has 0 bridgehead atoms. The third-order valence-electron chi connectivity index (χ3n) is 5.05. The van der Waals surface area contributed by atoms with E-state index in [1.165, 1.54) is 21.3 Å². The number of benzene rings is 1. The van der Waals surface area contributed by atoms with Crippen LogP contribution in [-0.2, 0) is 19.6 Å². The Hall–Kier alpha value is -2.00. The fourth-order valence-electron chi connectivity index (χ4n) is 3.39. The van der Waals surface area contributed by atoms with Crippen molar-refractivity contribution in [2.24, 2.45) is 5.92 Å². The SMILES string of the molecule is CCN(CC)C(=O)CN(C)C(=O)[C@@H]1CCCN(S(=O)(=O)c2ccc(F)cc2)C1. The lowest BCUT2D eigenvalue weighted by Crippen LogP contribution is -2.48. The number of halogens is 1. The molecule has 2 rings (SSSR count). The van der Waals surface area contributed by atoms with Gasteiger partial charge < -0.3 is 9.80 Å². The maximum atomic E-state index is 13.1. The smallest absolute Gasteiger partial charge is 0.243 e. The van der Waals surface area contributed by atoms with Crippen molar-refractivity contribution >= 4 is 21.8 Å². The van der Waals surface area contributed by atoms with Crippen LogP contribution in [0.5, 0.6) is 0 Å². The van der Waals surface area contributed by atoms with Gasteiger partial charge in [-0.25, -0.2) is 12.8 Å². The van der Waals surface area contributed by atoms with Crippen LogP contribution in [0.2, 0.25) is 0 Å². The standard InChI is InChI=1S/C19H28FN3O4S/c1-4-22(5-2)18(24)14-21(3)19(25)15-7-6-12-23(13-15)28(26,27)17-10-8-16(20)9-11-17/h8-11,15H,4-7,12-14H2,1-3H3/t15-/m1/s1. The van der Waals surface area contributed by atoms with Gasteiger partial charge in [0.25, 0.3) is 0 Å². The molecule has 0 aromatic heterocycles. The molecule has 2 amide bonds. The van der Waals surface area contributed by atoms with Crippen molar-refractivity contribution in [2.45, 2.75) is 31.6 Å². The fourth-order valence-corrected chi connectivity index (χ4v) is 4.91. The molecule has 1 aliphatic heterocycles. The van der Waals surface area contributed by atoms with Crippen LogP contribution >= 0.6 is 0 Å². The Balaban J connectivity index is 2.06. The Kier molecular flexibility index (Phi) is 7.54. The molecule has 1 aliphatic rings. The van der Waals surface area contributed by atoms with E-state index in [9.17, 15) is 22.4 Å². The Bertz CT molecular complexity index is 794. The molecule has 1 saturated heterocycles. The maximum absolute atomic E-state index is 13.1. The number of rotatable bonds is 7. The summed E-state index contributed by atoms with van der Waals surface area (Å²) >= 11 is 0. The van der Waals surface area contributed by atoms with E-state index in [2.05, 4.69) is 0 Å². The summed E-state index contributed by atoms with van der Waals surface area (Å²) in [6.45, 7) is 5.25. The zero-order valence-electron chi connectivity index (χ0n) is 16.6. The average Bonchev–Trinajstić information content (AvgIpc) is 2.68. The van der Waals surface area contributed by atoms with Crippen molar-refractivity contribution in [1.29, 1.82) is 0 Å². The third-order valence-corrected chi connectivity index (χ3v) is 6.93. The van der Waals surface area contributed by atoms with Crippen molar-refractivity contribution in [3.8, 4) is 0 Å². The molecule has 28 heavy (non-hydrogen) atoms. The molecule has 1 aromatic rings. The van der Waals surface area contributed by atoms with Crippen molar-refractivity contribution in [2.75, 3.05) is 39.8 Å². The van der Waals surface area contributed by atoms with Crippen LogP contribution < -0.4 is 0 Å². The van der Waals surface area contributed by atoms with Gasteiger partial charge in [-0.2, -0.15) is 4.31 Å². The number of piperidine rings is 1. The first-order valence-electron chi connectivity index (χ1n) is 9.49. The first kappa shape index (κ1) is 22.3. The van der Waals surface area contributed by atoms with E-state index in [-0.39, 0.29) is 29.8 Å². The molecule has 9 heteroatoms. The topological polar surface area (TPSA) is 78.0 Å². The number of hydrogen-bond donors (Lipinski definition) is 0. The zero-order valence-corrected chi connectivity index (χ0v) is 17.4. The minimum absolute atomic E-state index is 0.00654. The van der Waals surface area contributed by atoms with E-state index in [4.69, 9.17) is 0 Å². The lowest BCUT2D eigenvalue weighted by atomic mass is 9.98. The molecule has 0 radical (unpaired) electrons. The Morgan fingerprint density at radius 1 is 1.18 bits per heavy atom. The highest BCUT2D eigenvalue weighted by Gasteiger charge is 2.34. The number of nitrogens with zero attached hydrogens (tertiary/aromatic N) is 3. The van der Waals surface area contributed by atoms with E-state index in [0.717, 1.165) is 12.1 Å². The zero-order chi connectivity index (χ0) is 20.9. The highest BCUT2D eigenvalue weighted by Crippen LogP contribution is 2.25. The second kappa shape index (κ2) is 9.47. The predicted octanol–water partition coefficient (Wildman–Crippen LogP) is 1.55. The number of hydrogen-bond acceptors (Lipinski definition) is 4. The van der Waals surface area contributed by atoms with Crippen LogP contribution in [0.3, 0.4) is 0 Å². The van der Waals surface area contributed by atoms with Crippen molar-refractivity contribution in [3.63, 3.8) is 0 Å². The summed E-state index contributed by atoms with van der Waals surface area (Å²) in [5.74, 6) is -1.38. The van der Waals surface area contributed by atoms with Crippen LogP contribution in [0.25, 0.3) is 0 Å². The molecular formula is C19H28FN3O4S. The largest absolute Gasteiger partial charge is 0.342 e. The third kappa shape index (κ3) is 5.08. The van der Waals surface area contributed by atoms with Crippen LogP contribution in [0, 0.1) is 11.7 Å². The normalized spacial score (nSPS) is 17.9. The van der Waals surface area contributed by atoms with Gasteiger partial charge in [0.15, 0.2) is 0 Å². The Morgan fingerprint density at radius 3 is 2.36 bits per heavy atom. The van der Waals surface area contributed by atoms with E-state index < -0.39 is 21.8 Å². The summed E-state index contributed by atoms with van der Waals surface area (Å²) in [4.78, 5) is 28.0. The molecule has 1 heterocycles. The number of amides is 2. The second-order valence-corrected chi connectivity index (χ2v) is 8.85. The number of sulfonamides is 1. The van der Waals surface area contributed by atoms with Gasteiger partial charge in [0.1, 0.15) is 5.82 Å². The van der Waals surface area contributed by atoms with E-state index in [1.54, 1.807) is 11.9 Å². The monoisotopic (exact) mass is 413 g/mol. The summed E-state index contributed by atoms with van der Waals surface area (Å²) in [5.41, 5.74) is 0. The molecule has 1 aromatic carbocycles. The highest BCUT2D eigenvalue weighted by atomic mass is 32.2. The molecule has 0 saturated carbocycles. The molecular weight excluding hydrogens is 385 g/mol. The fraction of sp³-hybridized carbons (Fsp3) is 0.579. The van der Waals surface area contributed by atoms with Gasteiger partial charge in [-0.3, -0.25) is 9.59 Å². The Labute approximate surface area is 166 Å². The Morgan fingerprint density at radius 2 is 1.79 bits per heavy atom. The summed E-state index contributed by atoms with van der Waals surface area (Å²) < 4.78 is 40.0. The van der Waals surface area contributed by atoms with Gasteiger partial charge in [-0.05, 0) is 51.0 Å². The average molecular weight is 414 g/mol. The molecule has 0 spiro atoms. The summed E-state index contributed by atoms with van der Waals surface area (Å²) in [5, 5.41) is 0. The maximum Gasteiger partial charge on any atom is 0.243 e. The summed E-state index contributed by atoms with van der Waals surface area (Å²) in [6, 6.07) is 4.66. The number of carbonyl (C=O) groups excluding carboxylic acids is 2. The van der Waals surface area contributed by atoms with Crippen LogP contribution in [0.15, 0.2) is 29.2 Å². The number of carbonyl (C=O) groups is 2. The first-order chi connectivity index (χ1) is 13.2. The summed E-state index contributed by atoms with van der Waals surface area (Å²) in [6.07, 6.45) is 1.12. The lowest BCUT2D eigenvalue weighted by Gasteiger charge is -2.33. The molecule has 156 valence electrons. The summed E-state index contributed by atoms with van der Waals surface area (Å²) in [7, 11) is -2.23. The molecule has 7 nitrogen and oxygen atoms in total. The van der Waals surface area contributed by atoms with E-state index >= 15 is 0 Å². The minimum atomic E-state index is -3.79. The van der Waals surface area contributed by atoms with Gasteiger partial charge in [-0.1, -0.05) is 0 Å². The molecule has 1 fully saturated rings. The van der Waals surface area contributed by atoms with Crippen LogP contribution in [-0.4, -0.2) is 74.1 Å². The van der Waals surface area contributed by atoms with Gasteiger partial charge in [0, 0.05) is 33.2 Å². The molecule has 0 N–H and O–H groups in total. The second-order valence-electron chi connectivity index (χ2n) is 6.92. The minimum Gasteiger partial charge on any atom is -0.342 e. The van der Waals surface area contributed by atoms with Gasteiger partial charge in [0.2, 0.25) is 21.8 Å². The van der Waals surface area contributed by atoms with Gasteiger partial charge in [0.05, 0.1) is 17.4 Å². The van der Waals surface area contributed by atoms with Crippen LogP contribution in [0.1, 0.15) is 26.7 Å². The quantitative estimate of drug-likeness (QED) is 0.680. The van der Waals surface area contributed by atoms with Gasteiger partial charge >= 0.3 is 0 Å². The van der Waals surface area contributed by atoms with Crippen LogP contribution in [0.4, 0.5) is 4.39 Å². The first-order valence-corrected chi connectivity index (χ1v) is 10.9. The van der Waals surface area contributed by atoms with Crippen molar-refractivity contribution < 1.29 is 22.4 Å². The highest BCUT2D eigenvalue weighted by molar-refractivity contribution is 7.89. The van der Waals surface area contributed by atoms with Crippen molar-refractivity contribution in [1.82, 2.24) is 14.1 Å².